The molecule has 2 heterocycles. The first-order valence-corrected chi connectivity index (χ1v) is 18.1. The number of furan rings is 1. The van der Waals surface area contributed by atoms with Crippen LogP contribution in [0.5, 0.6) is 0 Å². The van der Waals surface area contributed by atoms with Gasteiger partial charge in [0.25, 0.3) is 0 Å². The first-order chi connectivity index (χ1) is 25.3. The maximum Gasteiger partial charge on any atom is 0.143 e. The van der Waals surface area contributed by atoms with Crippen molar-refractivity contribution in [1.82, 2.24) is 0 Å². The molecule has 10 rings (SSSR count). The molecule has 0 unspecified atom stereocenters. The van der Waals surface area contributed by atoms with Gasteiger partial charge >= 0.3 is 0 Å². The molecule has 0 aliphatic carbocycles. The lowest BCUT2D eigenvalue weighted by Gasteiger charge is -2.27. The van der Waals surface area contributed by atoms with Crippen molar-refractivity contribution in [2.45, 2.75) is 0 Å². The van der Waals surface area contributed by atoms with Gasteiger partial charge in [0.1, 0.15) is 11.2 Å². The molecule has 0 aliphatic rings. The average Bonchev–Trinajstić information content (AvgIpc) is 3.77. The second-order valence-corrected chi connectivity index (χ2v) is 14.0. The third-order valence-electron chi connectivity index (χ3n) is 9.88. The van der Waals surface area contributed by atoms with Gasteiger partial charge in [-0.2, -0.15) is 0 Å². The Morgan fingerprint density at radius 2 is 0.882 bits per heavy atom. The monoisotopic (exact) mass is 669 g/mol. The molecule has 0 aliphatic heterocycles. The van der Waals surface area contributed by atoms with Crippen LogP contribution < -0.4 is 4.90 Å². The minimum atomic E-state index is 0.891. The van der Waals surface area contributed by atoms with Crippen LogP contribution in [0.4, 0.5) is 17.1 Å². The number of benzene rings is 8. The number of hydrogen-bond donors (Lipinski definition) is 0. The fraction of sp³-hybridized carbons (Fsp3) is 0. The van der Waals surface area contributed by atoms with Gasteiger partial charge in [0.05, 0.1) is 0 Å². The lowest BCUT2D eigenvalue weighted by Crippen LogP contribution is -2.10. The number of nitrogens with zero attached hydrogens (tertiary/aromatic N) is 1. The third-order valence-corrected chi connectivity index (χ3v) is 11.0. The average molecular weight is 670 g/mol. The number of para-hydroxylation sites is 1. The van der Waals surface area contributed by atoms with Gasteiger partial charge in [-0.05, 0) is 82.4 Å². The Labute approximate surface area is 300 Å². The van der Waals surface area contributed by atoms with E-state index in [1.807, 2.05) is 17.4 Å². The smallest absolute Gasteiger partial charge is 0.143 e. The van der Waals surface area contributed by atoms with E-state index >= 15 is 0 Å². The number of rotatable bonds is 6. The molecule has 8 aromatic carbocycles. The van der Waals surface area contributed by atoms with E-state index in [9.17, 15) is 0 Å². The van der Waals surface area contributed by atoms with Crippen molar-refractivity contribution in [1.29, 1.82) is 0 Å². The van der Waals surface area contributed by atoms with E-state index in [1.165, 1.54) is 42.4 Å². The van der Waals surface area contributed by atoms with Crippen molar-refractivity contribution < 1.29 is 4.42 Å². The summed E-state index contributed by atoms with van der Waals surface area (Å²) in [6.45, 7) is 0. The Bertz CT molecular complexity index is 2830. The topological polar surface area (TPSA) is 16.4 Å². The molecule has 0 amide bonds. The normalized spacial score (nSPS) is 11.5. The van der Waals surface area contributed by atoms with Gasteiger partial charge in [0.2, 0.25) is 0 Å². The van der Waals surface area contributed by atoms with Gasteiger partial charge in [0.15, 0.2) is 0 Å². The molecular formula is C48H31NOS. The predicted octanol–water partition coefficient (Wildman–Crippen LogP) is 14.4. The zero-order chi connectivity index (χ0) is 33.7. The fourth-order valence-electron chi connectivity index (χ4n) is 7.36. The molecule has 0 saturated carbocycles. The van der Waals surface area contributed by atoms with E-state index in [0.717, 1.165) is 50.1 Å². The second-order valence-electron chi connectivity index (χ2n) is 12.9. The fourth-order valence-corrected chi connectivity index (χ4v) is 8.45. The zero-order valence-electron chi connectivity index (χ0n) is 27.7. The van der Waals surface area contributed by atoms with Gasteiger partial charge in [0, 0.05) is 53.6 Å². The minimum absolute atomic E-state index is 0.891. The number of fused-ring (bicyclic) bond motifs is 6. The Morgan fingerprint density at radius 3 is 1.61 bits per heavy atom. The van der Waals surface area contributed by atoms with Crippen LogP contribution in [-0.4, -0.2) is 0 Å². The van der Waals surface area contributed by atoms with Gasteiger partial charge in [-0.1, -0.05) is 133 Å². The summed E-state index contributed by atoms with van der Waals surface area (Å²) in [4.78, 5) is 2.39. The highest BCUT2D eigenvalue weighted by Gasteiger charge is 2.20. The summed E-state index contributed by atoms with van der Waals surface area (Å²) in [7, 11) is 0. The molecular weight excluding hydrogens is 639 g/mol. The van der Waals surface area contributed by atoms with E-state index in [-0.39, 0.29) is 0 Å². The highest BCUT2D eigenvalue weighted by Crippen LogP contribution is 2.45. The predicted molar refractivity (Wildman–Crippen MR) is 218 cm³/mol. The van der Waals surface area contributed by atoms with Gasteiger partial charge in [-0.25, -0.2) is 0 Å². The zero-order valence-corrected chi connectivity index (χ0v) is 28.5. The second kappa shape index (κ2) is 12.2. The van der Waals surface area contributed by atoms with E-state index in [0.29, 0.717) is 0 Å². The minimum Gasteiger partial charge on any atom is -0.455 e. The maximum absolute atomic E-state index is 6.56. The Kier molecular flexibility index (Phi) is 7.04. The molecule has 0 saturated heterocycles. The third kappa shape index (κ3) is 5.18. The van der Waals surface area contributed by atoms with Crippen LogP contribution in [0.3, 0.4) is 0 Å². The summed E-state index contributed by atoms with van der Waals surface area (Å²) in [5.74, 6) is 0. The van der Waals surface area contributed by atoms with E-state index < -0.39 is 0 Å². The van der Waals surface area contributed by atoms with Crippen molar-refractivity contribution in [3.63, 3.8) is 0 Å². The Hall–Kier alpha value is -6.42. The molecule has 2 nitrogen and oxygen atoms in total. The Balaban J connectivity index is 1.15. The van der Waals surface area contributed by atoms with Crippen LogP contribution in [0.1, 0.15) is 0 Å². The van der Waals surface area contributed by atoms with Crippen LogP contribution in [0.15, 0.2) is 192 Å². The molecule has 3 heteroatoms. The van der Waals surface area contributed by atoms with Crippen molar-refractivity contribution in [2.75, 3.05) is 4.90 Å². The molecule has 0 bridgehead atoms. The van der Waals surface area contributed by atoms with Crippen molar-refractivity contribution in [3.8, 4) is 33.4 Å². The SMILES string of the molecule is c1ccc(-c2ccc(-c3ccc(N(c4ccc5sc6ccccc6c5c4)c4cc(-c5ccccc5)c5oc6ccccc6c5c4)cc3)cc2)cc1. The molecule has 10 aromatic rings. The van der Waals surface area contributed by atoms with Crippen LogP contribution in [0.25, 0.3) is 75.5 Å². The van der Waals surface area contributed by atoms with Crippen molar-refractivity contribution in [2.24, 2.45) is 0 Å². The number of thiophene rings is 1. The molecule has 2 aromatic heterocycles. The van der Waals surface area contributed by atoms with E-state index in [2.05, 4.69) is 187 Å². The van der Waals surface area contributed by atoms with E-state index in [4.69, 9.17) is 4.42 Å². The molecule has 240 valence electrons. The van der Waals surface area contributed by atoms with Crippen LogP contribution in [0.2, 0.25) is 0 Å². The largest absolute Gasteiger partial charge is 0.455 e. The number of anilines is 3. The number of hydrogen-bond acceptors (Lipinski definition) is 3. The standard InChI is InChI=1S/C48H31NOS/c1-3-11-32(12-4-1)33-19-21-34(22-20-33)35-23-25-37(26-24-35)49(38-27-28-47-43(29-38)41-16-8-10-18-46(41)51-47)39-30-42(36-13-5-2-6-14-36)48-44(31-39)40-15-7-9-17-45(40)50-48/h1-31H. The maximum atomic E-state index is 6.56. The molecule has 0 N–H and O–H groups in total. The van der Waals surface area contributed by atoms with Gasteiger partial charge in [-0.15, -0.1) is 11.3 Å². The lowest BCUT2D eigenvalue weighted by molar-refractivity contribution is 0.670. The van der Waals surface area contributed by atoms with Crippen molar-refractivity contribution >= 4 is 70.5 Å². The van der Waals surface area contributed by atoms with Gasteiger partial charge in [-0.3, -0.25) is 0 Å². The molecule has 0 radical (unpaired) electrons. The van der Waals surface area contributed by atoms with Crippen LogP contribution in [0, 0.1) is 0 Å². The summed E-state index contributed by atoms with van der Waals surface area (Å²) in [5, 5.41) is 4.77. The Morgan fingerprint density at radius 1 is 0.353 bits per heavy atom. The summed E-state index contributed by atoms with van der Waals surface area (Å²) in [6.07, 6.45) is 0. The van der Waals surface area contributed by atoms with Crippen molar-refractivity contribution in [3.05, 3.63) is 188 Å². The molecule has 0 spiro atoms. The summed E-state index contributed by atoms with van der Waals surface area (Å²) >= 11 is 1.85. The van der Waals surface area contributed by atoms with Crippen LogP contribution in [-0.2, 0) is 0 Å². The first-order valence-electron chi connectivity index (χ1n) is 17.2. The van der Waals surface area contributed by atoms with E-state index in [1.54, 1.807) is 0 Å². The highest BCUT2D eigenvalue weighted by atomic mass is 32.1. The first kappa shape index (κ1) is 29.5. The quantitative estimate of drug-likeness (QED) is 0.175. The van der Waals surface area contributed by atoms with Crippen LogP contribution >= 0.6 is 11.3 Å². The van der Waals surface area contributed by atoms with Gasteiger partial charge < -0.3 is 9.32 Å². The highest BCUT2D eigenvalue weighted by molar-refractivity contribution is 7.25. The summed E-state index contributed by atoms with van der Waals surface area (Å²) in [6, 6.07) is 67.4. The molecule has 0 fully saturated rings. The summed E-state index contributed by atoms with van der Waals surface area (Å²) in [5.41, 5.74) is 12.1. The lowest BCUT2D eigenvalue weighted by atomic mass is 9.99. The molecule has 51 heavy (non-hydrogen) atoms. The molecule has 0 atom stereocenters. The summed E-state index contributed by atoms with van der Waals surface area (Å²) < 4.78 is 9.15.